The molecule has 156 valence electrons. The molecule has 0 aliphatic rings. The molecule has 0 aromatic heterocycles. The molecule has 2 aromatic carbocycles. The van der Waals surface area contributed by atoms with Gasteiger partial charge in [0.05, 0.1) is 9.82 Å². The van der Waals surface area contributed by atoms with Crippen molar-refractivity contribution in [2.45, 2.75) is 4.90 Å². The van der Waals surface area contributed by atoms with E-state index >= 15 is 0 Å². The number of nitrogens with one attached hydrogen (secondary N) is 2. The number of carbonyl (C=O) groups excluding carboxylic acids is 1. The van der Waals surface area contributed by atoms with Crippen molar-refractivity contribution < 1.29 is 32.0 Å². The first kappa shape index (κ1) is 22.0. The number of sulfonamides is 1. The number of halogens is 1. The van der Waals surface area contributed by atoms with Crippen molar-refractivity contribution in [3.63, 3.8) is 0 Å². The first-order valence-corrected chi connectivity index (χ1v) is 9.71. The van der Waals surface area contributed by atoms with E-state index < -0.39 is 39.0 Å². The Morgan fingerprint density at radius 1 is 1.21 bits per heavy atom. The highest BCUT2D eigenvalue weighted by molar-refractivity contribution is 7.89. The fourth-order valence-corrected chi connectivity index (χ4v) is 3.19. The third-order valence-electron chi connectivity index (χ3n) is 3.59. The first-order valence-electron chi connectivity index (χ1n) is 8.23. The Labute approximate surface area is 165 Å². The highest BCUT2D eigenvalue weighted by atomic mass is 32.2. The fourth-order valence-electron chi connectivity index (χ4n) is 2.20. The predicted octanol–water partition coefficient (Wildman–Crippen LogP) is 1.68. The topological polar surface area (TPSA) is 137 Å². The zero-order valence-electron chi connectivity index (χ0n) is 15.3. The van der Waals surface area contributed by atoms with Gasteiger partial charge in [0, 0.05) is 13.1 Å². The minimum absolute atomic E-state index is 0.00383. The van der Waals surface area contributed by atoms with Gasteiger partial charge in [0.15, 0.2) is 11.6 Å². The number of para-hydroxylation sites is 1. The maximum atomic E-state index is 13.4. The molecule has 12 heteroatoms. The number of anilines is 1. The Balaban J connectivity index is 1.86. The van der Waals surface area contributed by atoms with Crippen LogP contribution in [0.2, 0.25) is 0 Å². The lowest BCUT2D eigenvalue weighted by molar-refractivity contribution is -0.384. The van der Waals surface area contributed by atoms with E-state index in [1.807, 2.05) is 4.72 Å². The van der Waals surface area contributed by atoms with Crippen molar-refractivity contribution >= 4 is 27.4 Å². The van der Waals surface area contributed by atoms with E-state index in [1.54, 1.807) is 6.07 Å². The molecule has 10 nitrogen and oxygen atoms in total. The van der Waals surface area contributed by atoms with Crippen LogP contribution < -0.4 is 14.8 Å². The monoisotopic (exact) mass is 427 g/mol. The molecule has 0 atom stereocenters. The van der Waals surface area contributed by atoms with Crippen LogP contribution in [0.25, 0.3) is 0 Å². The molecule has 2 aromatic rings. The number of nitro benzene ring substituents is 1. The summed E-state index contributed by atoms with van der Waals surface area (Å²) in [5.74, 6) is -1.46. The van der Waals surface area contributed by atoms with Crippen LogP contribution >= 0.6 is 0 Å². The summed E-state index contributed by atoms with van der Waals surface area (Å²) < 4.78 is 49.7. The number of rotatable bonds is 10. The zero-order valence-corrected chi connectivity index (χ0v) is 16.1. The second-order valence-electron chi connectivity index (χ2n) is 5.51. The van der Waals surface area contributed by atoms with Crippen molar-refractivity contribution in [3.05, 3.63) is 58.4 Å². The molecule has 2 rings (SSSR count). The normalized spacial score (nSPS) is 11.0. The molecule has 0 saturated heterocycles. The number of hydrogen-bond acceptors (Lipinski definition) is 8. The molecule has 0 bridgehead atoms. The van der Waals surface area contributed by atoms with Gasteiger partial charge >= 0.3 is 5.97 Å². The molecule has 0 aliphatic heterocycles. The molecule has 0 heterocycles. The van der Waals surface area contributed by atoms with Gasteiger partial charge in [-0.15, -0.1) is 0 Å². The van der Waals surface area contributed by atoms with Gasteiger partial charge < -0.3 is 14.8 Å². The number of esters is 1. The Hall–Kier alpha value is -3.25. The summed E-state index contributed by atoms with van der Waals surface area (Å²) >= 11 is 0. The average Bonchev–Trinajstić information content (AvgIpc) is 2.70. The maximum Gasteiger partial charge on any atom is 0.321 e. The number of nitro groups is 1. The third-order valence-corrected chi connectivity index (χ3v) is 4.99. The van der Waals surface area contributed by atoms with Crippen molar-refractivity contribution in [3.8, 4) is 5.75 Å². The lowest BCUT2D eigenvalue weighted by atomic mass is 10.3. The highest BCUT2D eigenvalue weighted by Crippen LogP contribution is 2.26. The SMILES string of the molecule is CNc1ccc(S(=O)(=O)NCC(=O)OCCOc2ccccc2F)cc1[N+](=O)[O-]. The minimum atomic E-state index is -4.18. The van der Waals surface area contributed by atoms with Crippen LogP contribution in [-0.2, 0) is 19.6 Å². The van der Waals surface area contributed by atoms with Gasteiger partial charge in [-0.3, -0.25) is 14.9 Å². The van der Waals surface area contributed by atoms with Crippen LogP contribution in [0.1, 0.15) is 0 Å². The Kier molecular flexibility index (Phi) is 7.45. The second kappa shape index (κ2) is 9.80. The standard InChI is InChI=1S/C17H18FN3O7S/c1-19-14-7-6-12(10-15(14)21(23)24)29(25,26)20-11-17(22)28-9-8-27-16-5-3-2-4-13(16)18/h2-7,10,19-20H,8-9,11H2,1H3. The summed E-state index contributed by atoms with van der Waals surface area (Å²) in [7, 11) is -2.72. The minimum Gasteiger partial charge on any atom is -0.487 e. The molecule has 0 saturated carbocycles. The summed E-state index contributed by atoms with van der Waals surface area (Å²) in [4.78, 5) is 21.6. The molecule has 0 spiro atoms. The molecular weight excluding hydrogens is 409 g/mol. The molecule has 0 unspecified atom stereocenters. The fraction of sp³-hybridized carbons (Fsp3) is 0.235. The van der Waals surface area contributed by atoms with E-state index in [9.17, 15) is 27.7 Å². The van der Waals surface area contributed by atoms with Gasteiger partial charge in [0.25, 0.3) is 5.69 Å². The van der Waals surface area contributed by atoms with Crippen LogP contribution in [-0.4, -0.2) is 46.1 Å². The Morgan fingerprint density at radius 3 is 2.59 bits per heavy atom. The molecule has 2 N–H and O–H groups in total. The number of benzene rings is 2. The second-order valence-corrected chi connectivity index (χ2v) is 7.28. The summed E-state index contributed by atoms with van der Waals surface area (Å²) in [6.07, 6.45) is 0. The first-order chi connectivity index (χ1) is 13.7. The number of nitrogens with zero attached hydrogens (tertiary/aromatic N) is 1. The summed E-state index contributed by atoms with van der Waals surface area (Å²) in [6.45, 7) is -1.04. The van der Waals surface area contributed by atoms with E-state index in [2.05, 4.69) is 5.32 Å². The van der Waals surface area contributed by atoms with E-state index in [0.717, 1.165) is 12.1 Å². The van der Waals surface area contributed by atoms with Crippen molar-refractivity contribution in [1.29, 1.82) is 0 Å². The molecular formula is C17H18FN3O7S. The molecule has 0 radical (unpaired) electrons. The maximum absolute atomic E-state index is 13.4. The lowest BCUT2D eigenvalue weighted by Crippen LogP contribution is -2.31. The van der Waals surface area contributed by atoms with Gasteiger partial charge in [0.2, 0.25) is 10.0 Å². The van der Waals surface area contributed by atoms with Gasteiger partial charge in [-0.25, -0.2) is 12.8 Å². The van der Waals surface area contributed by atoms with Crippen LogP contribution in [0.3, 0.4) is 0 Å². The summed E-state index contributed by atoms with van der Waals surface area (Å²) in [5.41, 5.74) is -0.286. The highest BCUT2D eigenvalue weighted by Gasteiger charge is 2.21. The lowest BCUT2D eigenvalue weighted by Gasteiger charge is -2.10. The van der Waals surface area contributed by atoms with E-state index in [4.69, 9.17) is 9.47 Å². The van der Waals surface area contributed by atoms with E-state index in [0.29, 0.717) is 0 Å². The van der Waals surface area contributed by atoms with Gasteiger partial charge in [0.1, 0.15) is 25.4 Å². The molecule has 0 amide bonds. The van der Waals surface area contributed by atoms with Crippen LogP contribution in [0, 0.1) is 15.9 Å². The smallest absolute Gasteiger partial charge is 0.321 e. The van der Waals surface area contributed by atoms with E-state index in [-0.39, 0.29) is 29.5 Å². The molecule has 29 heavy (non-hydrogen) atoms. The van der Waals surface area contributed by atoms with Crippen LogP contribution in [0.4, 0.5) is 15.8 Å². The number of ether oxygens (including phenoxy) is 2. The number of hydrogen-bond donors (Lipinski definition) is 2. The number of carbonyl (C=O) groups is 1. The van der Waals surface area contributed by atoms with Gasteiger partial charge in [-0.1, -0.05) is 12.1 Å². The van der Waals surface area contributed by atoms with Crippen molar-refractivity contribution in [1.82, 2.24) is 4.72 Å². The van der Waals surface area contributed by atoms with E-state index in [1.165, 1.54) is 31.3 Å². The molecule has 0 aliphatic carbocycles. The van der Waals surface area contributed by atoms with Crippen molar-refractivity contribution in [2.24, 2.45) is 0 Å². The Morgan fingerprint density at radius 2 is 1.93 bits per heavy atom. The van der Waals surface area contributed by atoms with Crippen LogP contribution in [0.5, 0.6) is 5.75 Å². The average molecular weight is 427 g/mol. The third kappa shape index (κ3) is 6.12. The van der Waals surface area contributed by atoms with Gasteiger partial charge in [-0.05, 0) is 24.3 Å². The Bertz CT molecular complexity index is 998. The zero-order chi connectivity index (χ0) is 21.4. The van der Waals surface area contributed by atoms with Crippen molar-refractivity contribution in [2.75, 3.05) is 32.1 Å². The summed E-state index contributed by atoms with van der Waals surface area (Å²) in [5, 5.41) is 13.6. The van der Waals surface area contributed by atoms with Gasteiger partial charge in [-0.2, -0.15) is 4.72 Å². The largest absolute Gasteiger partial charge is 0.487 e. The van der Waals surface area contributed by atoms with Crippen LogP contribution in [0.15, 0.2) is 47.4 Å². The predicted molar refractivity (Wildman–Crippen MR) is 101 cm³/mol. The molecule has 0 fully saturated rings. The summed E-state index contributed by atoms with van der Waals surface area (Å²) in [6, 6.07) is 8.97. The quantitative estimate of drug-likeness (QED) is 0.253.